The van der Waals surface area contributed by atoms with E-state index in [0.717, 1.165) is 11.1 Å². The second-order valence-electron chi connectivity index (χ2n) is 2.34. The number of H-pyrrole nitrogens is 1. The number of nitrogens with one attached hydrogen (secondary N) is 1. The number of hydrogen-bond acceptors (Lipinski definition) is 3. The second kappa shape index (κ2) is 1.95. The molecule has 0 saturated heterocycles. The van der Waals surface area contributed by atoms with E-state index >= 15 is 0 Å². The van der Waals surface area contributed by atoms with E-state index in [1.54, 1.807) is 19.2 Å². The minimum Gasteiger partial charge on any atom is -0.455 e. The van der Waals surface area contributed by atoms with Gasteiger partial charge in [-0.1, -0.05) is 0 Å². The fraction of sp³-hybridized carbons (Fsp3) is 0.143. The predicted molar refractivity (Wildman–Crippen MR) is 39.4 cm³/mol. The first kappa shape index (κ1) is 6.15. The lowest BCUT2D eigenvalue weighted by Gasteiger charge is -1.82. The van der Waals surface area contributed by atoms with Gasteiger partial charge in [-0.15, -0.1) is 0 Å². The van der Waals surface area contributed by atoms with Gasteiger partial charge in [-0.05, 0) is 13.0 Å². The van der Waals surface area contributed by atoms with Crippen LogP contribution in [0.2, 0.25) is 0 Å². The highest BCUT2D eigenvalue weighted by atomic mass is 16.3. The number of furan rings is 1. The predicted octanol–water partition coefficient (Wildman–Crippen LogP) is 0.825. The molecule has 0 atom stereocenters. The van der Waals surface area contributed by atoms with Gasteiger partial charge < -0.3 is 4.42 Å². The lowest BCUT2D eigenvalue weighted by atomic mass is 10.3. The Hall–Kier alpha value is -1.58. The molecule has 2 heterocycles. The quantitative estimate of drug-likeness (QED) is 0.604. The van der Waals surface area contributed by atoms with Crippen molar-refractivity contribution in [3.05, 3.63) is 28.4 Å². The first-order chi connectivity index (χ1) is 5.27. The monoisotopic (exact) mass is 150 g/mol. The number of hydrogen-bond donors (Lipinski definition) is 1. The van der Waals surface area contributed by atoms with Crippen molar-refractivity contribution in [1.29, 1.82) is 0 Å². The van der Waals surface area contributed by atoms with Crippen LogP contribution < -0.4 is 5.56 Å². The third kappa shape index (κ3) is 0.832. The number of aromatic nitrogens is 2. The standard InChI is InChI=1S/C7H6N2O2/c1-4-2-5-3-8-9-7(10)6(5)11-4/h2-3H,1H3,(H,9,10). The van der Waals surface area contributed by atoms with Crippen molar-refractivity contribution in [3.63, 3.8) is 0 Å². The zero-order chi connectivity index (χ0) is 7.84. The van der Waals surface area contributed by atoms with Gasteiger partial charge >= 0.3 is 5.56 Å². The largest absolute Gasteiger partial charge is 0.455 e. The van der Waals surface area contributed by atoms with Crippen molar-refractivity contribution in [2.24, 2.45) is 0 Å². The van der Waals surface area contributed by atoms with Gasteiger partial charge in [0.05, 0.1) is 6.20 Å². The van der Waals surface area contributed by atoms with Crippen LogP contribution in [0.15, 0.2) is 21.5 Å². The molecule has 0 fully saturated rings. The summed E-state index contributed by atoms with van der Waals surface area (Å²) in [6.45, 7) is 1.79. The first-order valence-electron chi connectivity index (χ1n) is 3.21. The van der Waals surface area contributed by atoms with E-state index in [4.69, 9.17) is 4.42 Å². The third-order valence-electron chi connectivity index (χ3n) is 1.46. The zero-order valence-corrected chi connectivity index (χ0v) is 5.92. The summed E-state index contributed by atoms with van der Waals surface area (Å²) in [4.78, 5) is 11.0. The van der Waals surface area contributed by atoms with E-state index < -0.39 is 0 Å². The van der Waals surface area contributed by atoms with Crippen LogP contribution in [0.1, 0.15) is 5.76 Å². The number of fused-ring (bicyclic) bond motifs is 1. The summed E-state index contributed by atoms with van der Waals surface area (Å²) in [5.41, 5.74) is 0.0631. The summed E-state index contributed by atoms with van der Waals surface area (Å²) in [5.74, 6) is 0.721. The van der Waals surface area contributed by atoms with Gasteiger partial charge in [0, 0.05) is 5.39 Å². The van der Waals surface area contributed by atoms with Crippen molar-refractivity contribution < 1.29 is 4.42 Å². The van der Waals surface area contributed by atoms with E-state index in [-0.39, 0.29) is 5.56 Å². The lowest BCUT2D eigenvalue weighted by molar-refractivity contribution is 0.573. The molecule has 0 aliphatic carbocycles. The summed E-state index contributed by atoms with van der Waals surface area (Å²) in [6.07, 6.45) is 1.56. The summed E-state index contributed by atoms with van der Waals surface area (Å²) < 4.78 is 5.11. The molecular weight excluding hydrogens is 144 g/mol. The highest BCUT2D eigenvalue weighted by molar-refractivity contribution is 5.75. The average Bonchev–Trinajstić information content (AvgIpc) is 2.31. The van der Waals surface area contributed by atoms with Crippen molar-refractivity contribution in [2.45, 2.75) is 6.92 Å². The van der Waals surface area contributed by atoms with Crippen LogP contribution in [-0.2, 0) is 0 Å². The van der Waals surface area contributed by atoms with Crippen LogP contribution in [0, 0.1) is 6.92 Å². The van der Waals surface area contributed by atoms with Crippen molar-refractivity contribution in [3.8, 4) is 0 Å². The maximum atomic E-state index is 11.0. The van der Waals surface area contributed by atoms with Gasteiger partial charge in [0.1, 0.15) is 5.76 Å². The molecule has 0 aliphatic heterocycles. The van der Waals surface area contributed by atoms with E-state index in [1.165, 1.54) is 0 Å². The zero-order valence-electron chi connectivity index (χ0n) is 5.92. The third-order valence-corrected chi connectivity index (χ3v) is 1.46. The van der Waals surface area contributed by atoms with Gasteiger partial charge in [0.15, 0.2) is 0 Å². The van der Waals surface area contributed by atoms with Crippen LogP contribution in [0.5, 0.6) is 0 Å². The molecule has 56 valence electrons. The molecule has 0 saturated carbocycles. The molecule has 0 unspecified atom stereocenters. The van der Waals surface area contributed by atoms with Gasteiger partial charge in [-0.3, -0.25) is 4.79 Å². The minimum atomic E-state index is -0.282. The molecule has 0 bridgehead atoms. The Morgan fingerprint density at radius 1 is 1.64 bits per heavy atom. The van der Waals surface area contributed by atoms with Crippen molar-refractivity contribution >= 4 is 11.0 Å². The number of aromatic amines is 1. The second-order valence-corrected chi connectivity index (χ2v) is 2.34. The Bertz CT molecular complexity index is 441. The van der Waals surface area contributed by atoms with E-state index in [2.05, 4.69) is 10.2 Å². The van der Waals surface area contributed by atoms with E-state index in [9.17, 15) is 4.79 Å². The van der Waals surface area contributed by atoms with E-state index in [0.29, 0.717) is 5.58 Å². The minimum absolute atomic E-state index is 0.282. The maximum absolute atomic E-state index is 11.0. The molecule has 0 spiro atoms. The van der Waals surface area contributed by atoms with Crippen LogP contribution in [0.4, 0.5) is 0 Å². The smallest absolute Gasteiger partial charge is 0.307 e. The Balaban J connectivity index is 3.02. The number of nitrogens with zero attached hydrogens (tertiary/aromatic N) is 1. The molecule has 2 rings (SSSR count). The first-order valence-corrected chi connectivity index (χ1v) is 3.21. The number of rotatable bonds is 0. The van der Waals surface area contributed by atoms with Crippen LogP contribution in [0.25, 0.3) is 11.0 Å². The summed E-state index contributed by atoms with van der Waals surface area (Å²) in [5, 5.41) is 6.66. The number of aryl methyl sites for hydroxylation is 1. The molecule has 4 nitrogen and oxygen atoms in total. The fourth-order valence-corrected chi connectivity index (χ4v) is 1.02. The van der Waals surface area contributed by atoms with Gasteiger partial charge in [0.2, 0.25) is 5.58 Å². The van der Waals surface area contributed by atoms with Crippen molar-refractivity contribution in [2.75, 3.05) is 0 Å². The van der Waals surface area contributed by atoms with Crippen molar-refractivity contribution in [1.82, 2.24) is 10.2 Å². The normalized spacial score (nSPS) is 10.6. The van der Waals surface area contributed by atoms with Crippen LogP contribution in [-0.4, -0.2) is 10.2 Å². The molecule has 2 aromatic rings. The van der Waals surface area contributed by atoms with Crippen LogP contribution >= 0.6 is 0 Å². The molecule has 0 aromatic carbocycles. The Kier molecular flexibility index (Phi) is 1.09. The summed E-state index contributed by atoms with van der Waals surface area (Å²) in [7, 11) is 0. The molecule has 0 aliphatic rings. The molecule has 0 amide bonds. The molecule has 2 aromatic heterocycles. The molecule has 4 heteroatoms. The Morgan fingerprint density at radius 2 is 2.45 bits per heavy atom. The molecule has 11 heavy (non-hydrogen) atoms. The fourth-order valence-electron chi connectivity index (χ4n) is 1.02. The van der Waals surface area contributed by atoms with E-state index in [1.807, 2.05) is 0 Å². The SMILES string of the molecule is Cc1cc2cn[nH]c(=O)c2o1. The molecular formula is C7H6N2O2. The lowest BCUT2D eigenvalue weighted by Crippen LogP contribution is -2.05. The molecule has 0 radical (unpaired) electrons. The van der Waals surface area contributed by atoms with Crippen LogP contribution in [0.3, 0.4) is 0 Å². The molecule has 1 N–H and O–H groups in total. The van der Waals surface area contributed by atoms with Gasteiger partial charge in [0.25, 0.3) is 0 Å². The van der Waals surface area contributed by atoms with Gasteiger partial charge in [-0.2, -0.15) is 5.10 Å². The average molecular weight is 150 g/mol. The summed E-state index contributed by atoms with van der Waals surface area (Å²) >= 11 is 0. The highest BCUT2D eigenvalue weighted by Gasteiger charge is 2.02. The topological polar surface area (TPSA) is 58.9 Å². The Morgan fingerprint density at radius 3 is 3.18 bits per heavy atom. The highest BCUT2D eigenvalue weighted by Crippen LogP contribution is 2.12. The maximum Gasteiger partial charge on any atom is 0.307 e. The Labute approximate surface area is 61.8 Å². The summed E-state index contributed by atoms with van der Waals surface area (Å²) in [6, 6.07) is 1.78. The van der Waals surface area contributed by atoms with Gasteiger partial charge in [-0.25, -0.2) is 5.10 Å².